The van der Waals surface area contributed by atoms with E-state index < -0.39 is 40.2 Å². The number of fused-ring (bicyclic) bond motifs is 2. The van der Waals surface area contributed by atoms with E-state index in [1.165, 1.54) is 4.90 Å². The average Bonchev–Trinajstić information content (AvgIpc) is 3.24. The molecule has 3 amide bonds. The van der Waals surface area contributed by atoms with Crippen LogP contribution in [0.2, 0.25) is 0 Å². The van der Waals surface area contributed by atoms with Crippen molar-refractivity contribution in [1.82, 2.24) is 20.4 Å². The Hall–Kier alpha value is -2.71. The molecule has 3 rings (SSSR count). The minimum absolute atomic E-state index is 0.161. The van der Waals surface area contributed by atoms with Crippen LogP contribution in [0.1, 0.15) is 70.9 Å². The molecule has 3 atom stereocenters. The number of carbonyl (C=O) groups excluding carboxylic acids is 2. The Bertz CT molecular complexity index is 1030. The normalized spacial score (nSPS) is 22.5. The molecule has 2 aliphatic rings. The molecule has 0 saturated carbocycles. The van der Waals surface area contributed by atoms with Gasteiger partial charge in [0.1, 0.15) is 22.9 Å². The summed E-state index contributed by atoms with van der Waals surface area (Å²) in [5.74, 6) is 0.793. The molecule has 1 aromatic rings. The van der Waals surface area contributed by atoms with Crippen LogP contribution in [0.3, 0.4) is 0 Å². The molecule has 13 nitrogen and oxygen atoms in total. The first-order chi connectivity index (χ1) is 15.2. The Labute approximate surface area is 192 Å². The highest BCUT2D eigenvalue weighted by Crippen LogP contribution is 2.39. The molecule has 1 aromatic heterocycles. The van der Waals surface area contributed by atoms with Gasteiger partial charge < -0.3 is 14.2 Å². The number of rotatable bonds is 6. The van der Waals surface area contributed by atoms with Gasteiger partial charge in [-0.3, -0.25) is 14.9 Å². The van der Waals surface area contributed by atoms with Gasteiger partial charge >= 0.3 is 22.5 Å². The molecule has 2 saturated heterocycles. The lowest BCUT2D eigenvalue weighted by Gasteiger charge is -2.28. The van der Waals surface area contributed by atoms with E-state index in [0.29, 0.717) is 41.7 Å². The molecule has 0 aromatic carbocycles. The topological polar surface area (TPSA) is 164 Å². The van der Waals surface area contributed by atoms with Gasteiger partial charge in [-0.05, 0) is 40.5 Å². The summed E-state index contributed by atoms with van der Waals surface area (Å²) in [4.78, 5) is 30.2. The zero-order valence-corrected chi connectivity index (χ0v) is 20.0. The maximum atomic E-state index is 12.6. The molecule has 33 heavy (non-hydrogen) atoms. The van der Waals surface area contributed by atoms with Crippen LogP contribution in [0.25, 0.3) is 0 Å². The first-order valence-electron chi connectivity index (χ1n) is 10.5. The SMILES string of the molecule is CC(=NC[C@H](C)c1cc([C@@H]2CC[C@@H]3CN2C(=O)N3OS(=O)(=O)O)no1)NC(=O)OC(C)(C)C. The number of carbonyl (C=O) groups is 2. The lowest BCUT2D eigenvalue weighted by atomic mass is 9.97. The number of hydrogen-bond acceptors (Lipinski definition) is 9. The number of piperidine rings is 1. The smallest absolute Gasteiger partial charge is 0.418 e. The van der Waals surface area contributed by atoms with Crippen molar-refractivity contribution in [2.24, 2.45) is 4.99 Å². The Morgan fingerprint density at radius 3 is 2.76 bits per heavy atom. The van der Waals surface area contributed by atoms with E-state index in [0.717, 1.165) is 0 Å². The molecule has 2 aliphatic heterocycles. The van der Waals surface area contributed by atoms with Crippen LogP contribution in [0.5, 0.6) is 0 Å². The third kappa shape index (κ3) is 6.42. The van der Waals surface area contributed by atoms with Crippen LogP contribution in [0.15, 0.2) is 15.6 Å². The van der Waals surface area contributed by atoms with Crippen LogP contribution >= 0.6 is 0 Å². The fraction of sp³-hybridized carbons (Fsp3) is 0.684. The summed E-state index contributed by atoms with van der Waals surface area (Å²) in [5, 5.41) is 7.35. The van der Waals surface area contributed by atoms with E-state index in [2.05, 4.69) is 19.7 Å². The van der Waals surface area contributed by atoms with E-state index in [9.17, 15) is 18.0 Å². The standard InChI is InChI=1S/C19H29N5O8S/c1-11(9-20-12(2)21-17(25)30-19(3,4)5)16-8-14(22-31-16)15-7-6-13-10-23(15)18(26)24(13)32-33(27,28)29/h8,11,13,15H,6-7,9-10H2,1-5H3,(H,20,21,25)(H,27,28,29)/t11-,13+,15-/m0/s1. The molecular formula is C19H29N5O8S. The van der Waals surface area contributed by atoms with Crippen LogP contribution in [0.4, 0.5) is 9.59 Å². The second kappa shape index (κ2) is 9.27. The third-order valence-electron chi connectivity index (χ3n) is 5.16. The average molecular weight is 488 g/mol. The molecule has 0 aliphatic carbocycles. The summed E-state index contributed by atoms with van der Waals surface area (Å²) >= 11 is 0. The van der Waals surface area contributed by atoms with E-state index in [1.54, 1.807) is 33.8 Å². The number of alkyl carbamates (subject to hydrolysis) is 1. The van der Waals surface area contributed by atoms with Crippen LogP contribution in [0, 0.1) is 0 Å². The molecule has 0 spiro atoms. The highest BCUT2D eigenvalue weighted by atomic mass is 32.3. The minimum atomic E-state index is -4.80. The summed E-state index contributed by atoms with van der Waals surface area (Å²) in [5.41, 5.74) is -0.0795. The Kier molecular flexibility index (Phi) is 7.00. The van der Waals surface area contributed by atoms with E-state index in [4.69, 9.17) is 13.8 Å². The van der Waals surface area contributed by atoms with E-state index in [1.807, 2.05) is 6.92 Å². The van der Waals surface area contributed by atoms with Crippen molar-refractivity contribution in [3.05, 3.63) is 17.5 Å². The first kappa shape index (κ1) is 24.9. The fourth-order valence-corrected chi connectivity index (χ4v) is 4.08. The van der Waals surface area contributed by atoms with Crippen molar-refractivity contribution >= 4 is 28.4 Å². The quantitative estimate of drug-likeness (QED) is 0.348. The number of aliphatic imine (C=N–C) groups is 1. The maximum Gasteiger partial charge on any atom is 0.418 e. The number of amidine groups is 1. The van der Waals surface area contributed by atoms with Crippen LogP contribution in [-0.4, -0.2) is 70.8 Å². The van der Waals surface area contributed by atoms with Crippen molar-refractivity contribution < 1.29 is 36.1 Å². The predicted octanol–water partition coefficient (Wildman–Crippen LogP) is 2.40. The monoisotopic (exact) mass is 487 g/mol. The van der Waals surface area contributed by atoms with Gasteiger partial charge in [0.2, 0.25) is 0 Å². The summed E-state index contributed by atoms with van der Waals surface area (Å²) in [6, 6.07) is 0.191. The van der Waals surface area contributed by atoms with Gasteiger partial charge in [0.05, 0.1) is 18.6 Å². The molecule has 184 valence electrons. The third-order valence-corrected chi connectivity index (χ3v) is 5.50. The molecule has 2 N–H and O–H groups in total. The maximum absolute atomic E-state index is 12.6. The van der Waals surface area contributed by atoms with Crippen molar-refractivity contribution in [2.75, 3.05) is 13.1 Å². The number of hydroxylamine groups is 2. The predicted molar refractivity (Wildman–Crippen MR) is 115 cm³/mol. The lowest BCUT2D eigenvalue weighted by molar-refractivity contribution is -0.0317. The second-order valence-corrected chi connectivity index (χ2v) is 10.1. The summed E-state index contributed by atoms with van der Waals surface area (Å²) in [6.07, 6.45) is 0.412. The minimum Gasteiger partial charge on any atom is -0.444 e. The second-order valence-electron chi connectivity index (χ2n) is 9.12. The number of ether oxygens (including phenoxy) is 1. The zero-order chi connectivity index (χ0) is 24.6. The Morgan fingerprint density at radius 2 is 2.12 bits per heavy atom. The lowest BCUT2D eigenvalue weighted by Crippen LogP contribution is -2.35. The van der Waals surface area contributed by atoms with E-state index in [-0.39, 0.29) is 12.5 Å². The molecule has 0 unspecified atom stereocenters. The molecule has 0 radical (unpaired) electrons. The van der Waals surface area contributed by atoms with Crippen molar-refractivity contribution in [3.63, 3.8) is 0 Å². The van der Waals surface area contributed by atoms with Crippen molar-refractivity contribution in [3.8, 4) is 0 Å². The van der Waals surface area contributed by atoms with Gasteiger partial charge in [-0.2, -0.15) is 13.5 Å². The van der Waals surface area contributed by atoms with Gasteiger partial charge in [0, 0.05) is 18.5 Å². The molecule has 14 heteroatoms. The number of aromatic nitrogens is 1. The summed E-state index contributed by atoms with van der Waals surface area (Å²) in [7, 11) is -4.80. The Morgan fingerprint density at radius 1 is 1.42 bits per heavy atom. The van der Waals surface area contributed by atoms with Gasteiger partial charge in [-0.1, -0.05) is 12.1 Å². The molecule has 2 fully saturated rings. The van der Waals surface area contributed by atoms with Crippen molar-refractivity contribution in [2.45, 2.75) is 71.1 Å². The number of amides is 3. The van der Waals surface area contributed by atoms with Crippen LogP contribution in [-0.2, 0) is 19.4 Å². The Balaban J connectivity index is 1.61. The first-order valence-corrected chi connectivity index (χ1v) is 11.8. The molecule has 3 heterocycles. The highest BCUT2D eigenvalue weighted by molar-refractivity contribution is 7.80. The zero-order valence-electron chi connectivity index (χ0n) is 19.1. The highest BCUT2D eigenvalue weighted by Gasteiger charge is 2.48. The van der Waals surface area contributed by atoms with Crippen molar-refractivity contribution in [1.29, 1.82) is 0 Å². The van der Waals surface area contributed by atoms with Crippen LogP contribution < -0.4 is 5.32 Å². The fourth-order valence-electron chi connectivity index (χ4n) is 3.69. The van der Waals surface area contributed by atoms with Gasteiger partial charge in [-0.15, -0.1) is 4.28 Å². The largest absolute Gasteiger partial charge is 0.444 e. The number of nitrogens with zero attached hydrogens (tertiary/aromatic N) is 4. The van der Waals surface area contributed by atoms with Gasteiger partial charge in [0.15, 0.2) is 0 Å². The number of urea groups is 1. The van der Waals surface area contributed by atoms with E-state index >= 15 is 0 Å². The van der Waals surface area contributed by atoms with Gasteiger partial charge in [-0.25, -0.2) is 9.59 Å². The van der Waals surface area contributed by atoms with Gasteiger partial charge in [0.25, 0.3) is 0 Å². The number of hydrogen-bond donors (Lipinski definition) is 2. The molecule has 2 bridgehead atoms. The summed E-state index contributed by atoms with van der Waals surface area (Å²) in [6.45, 7) is 9.41. The molecular weight excluding hydrogens is 458 g/mol. The number of nitrogens with one attached hydrogen (secondary N) is 1. The summed E-state index contributed by atoms with van der Waals surface area (Å²) < 4.78 is 46.1.